The van der Waals surface area contributed by atoms with Gasteiger partial charge in [-0.2, -0.15) is 13.2 Å². The summed E-state index contributed by atoms with van der Waals surface area (Å²) in [6.45, 7) is 2.40. The largest absolute Gasteiger partial charge is 0.391 e. The predicted octanol–water partition coefficient (Wildman–Crippen LogP) is 2.91. The van der Waals surface area contributed by atoms with E-state index in [1.165, 1.54) is 0 Å². The molecule has 2 rings (SSSR count). The molecule has 0 amide bonds. The molecule has 3 nitrogen and oxygen atoms in total. The van der Waals surface area contributed by atoms with E-state index in [0.717, 1.165) is 5.69 Å². The maximum absolute atomic E-state index is 12.6. The highest BCUT2D eigenvalue weighted by Crippen LogP contribution is 2.35. The molecule has 0 aromatic carbocycles. The maximum atomic E-state index is 12.6. The van der Waals surface area contributed by atoms with E-state index in [2.05, 4.69) is 4.98 Å². The van der Waals surface area contributed by atoms with Crippen molar-refractivity contribution >= 4 is 5.69 Å². The molecule has 1 aromatic heterocycles. The quantitative estimate of drug-likeness (QED) is 0.900. The molecule has 6 heteroatoms. The van der Waals surface area contributed by atoms with Gasteiger partial charge in [0, 0.05) is 13.1 Å². The maximum Gasteiger partial charge on any atom is 0.391 e. The SMILES string of the molecule is C[C@@H](O)c1ccc(N2CCC(C(F)(F)F)CC2)cn1. The second-order valence-electron chi connectivity index (χ2n) is 4.92. The molecule has 1 N–H and O–H groups in total. The van der Waals surface area contributed by atoms with Crippen LogP contribution in [0.15, 0.2) is 18.3 Å². The second-order valence-corrected chi connectivity index (χ2v) is 4.92. The lowest BCUT2D eigenvalue weighted by molar-refractivity contribution is -0.179. The van der Waals surface area contributed by atoms with E-state index >= 15 is 0 Å². The Morgan fingerprint density at radius 2 is 1.95 bits per heavy atom. The number of hydrogen-bond acceptors (Lipinski definition) is 3. The summed E-state index contributed by atoms with van der Waals surface area (Å²) in [6, 6.07) is 3.50. The first-order valence-corrected chi connectivity index (χ1v) is 6.33. The molecule has 0 spiro atoms. The minimum Gasteiger partial charge on any atom is -0.387 e. The molecular weight excluding hydrogens is 257 g/mol. The molecule has 2 heterocycles. The van der Waals surface area contributed by atoms with Crippen molar-refractivity contribution in [3.05, 3.63) is 24.0 Å². The van der Waals surface area contributed by atoms with Crippen molar-refractivity contribution in [2.75, 3.05) is 18.0 Å². The standard InChI is InChI=1S/C13H17F3N2O/c1-9(19)12-3-2-11(8-17-12)18-6-4-10(5-7-18)13(14,15)16/h2-3,8-10,19H,4-7H2,1H3/t9-/m1/s1. The molecule has 0 unspecified atom stereocenters. The summed E-state index contributed by atoms with van der Waals surface area (Å²) in [5.41, 5.74) is 1.37. The molecule has 0 bridgehead atoms. The van der Waals surface area contributed by atoms with Gasteiger partial charge in [-0.05, 0) is 31.9 Å². The lowest BCUT2D eigenvalue weighted by atomic mass is 9.96. The van der Waals surface area contributed by atoms with Crippen molar-refractivity contribution in [2.45, 2.75) is 32.0 Å². The van der Waals surface area contributed by atoms with E-state index in [4.69, 9.17) is 0 Å². The zero-order chi connectivity index (χ0) is 14.0. The number of piperidine rings is 1. The Labute approximate surface area is 110 Å². The van der Waals surface area contributed by atoms with Gasteiger partial charge in [0.1, 0.15) is 0 Å². The van der Waals surface area contributed by atoms with Crippen LogP contribution in [0.4, 0.5) is 18.9 Å². The summed E-state index contributed by atoms with van der Waals surface area (Å²) in [5, 5.41) is 9.35. The highest BCUT2D eigenvalue weighted by atomic mass is 19.4. The fourth-order valence-corrected chi connectivity index (χ4v) is 2.30. The van der Waals surface area contributed by atoms with Crippen LogP contribution in [-0.4, -0.2) is 29.4 Å². The molecule has 1 aliphatic rings. The number of hydrogen-bond donors (Lipinski definition) is 1. The molecule has 0 saturated carbocycles. The third-order valence-corrected chi connectivity index (χ3v) is 3.52. The number of aromatic nitrogens is 1. The van der Waals surface area contributed by atoms with Crippen LogP contribution >= 0.6 is 0 Å². The lowest BCUT2D eigenvalue weighted by Crippen LogP contribution is -2.39. The van der Waals surface area contributed by atoms with Crippen LogP contribution < -0.4 is 4.90 Å². The minimum absolute atomic E-state index is 0.127. The molecule has 1 fully saturated rings. The Morgan fingerprint density at radius 1 is 1.32 bits per heavy atom. The topological polar surface area (TPSA) is 36.4 Å². The van der Waals surface area contributed by atoms with Crippen LogP contribution in [0.5, 0.6) is 0 Å². The summed E-state index contributed by atoms with van der Waals surface area (Å²) >= 11 is 0. The molecule has 0 aliphatic carbocycles. The van der Waals surface area contributed by atoms with Crippen LogP contribution in [0.3, 0.4) is 0 Å². The monoisotopic (exact) mass is 274 g/mol. The normalized spacial score (nSPS) is 19.5. The van der Waals surface area contributed by atoms with E-state index in [1.807, 2.05) is 4.90 Å². The molecule has 1 atom stereocenters. The average molecular weight is 274 g/mol. The van der Waals surface area contributed by atoms with E-state index in [9.17, 15) is 18.3 Å². The average Bonchev–Trinajstić information content (AvgIpc) is 2.38. The molecule has 19 heavy (non-hydrogen) atoms. The number of alkyl halides is 3. The third kappa shape index (κ3) is 3.37. The number of halogens is 3. The van der Waals surface area contributed by atoms with Gasteiger partial charge in [0.15, 0.2) is 0 Å². The highest BCUT2D eigenvalue weighted by molar-refractivity contribution is 5.45. The fourth-order valence-electron chi connectivity index (χ4n) is 2.30. The van der Waals surface area contributed by atoms with Crippen molar-refractivity contribution in [2.24, 2.45) is 5.92 Å². The van der Waals surface area contributed by atoms with Crippen LogP contribution in [0.2, 0.25) is 0 Å². The molecule has 106 valence electrons. The molecule has 1 saturated heterocycles. The number of anilines is 1. The minimum atomic E-state index is -4.08. The summed E-state index contributed by atoms with van der Waals surface area (Å²) < 4.78 is 37.7. The first kappa shape index (κ1) is 14.1. The summed E-state index contributed by atoms with van der Waals surface area (Å²) in [7, 11) is 0. The Morgan fingerprint density at radius 3 is 2.37 bits per heavy atom. The molecule has 1 aliphatic heterocycles. The summed E-state index contributed by atoms with van der Waals surface area (Å²) in [5.74, 6) is -1.19. The van der Waals surface area contributed by atoms with E-state index in [0.29, 0.717) is 18.8 Å². The Bertz CT molecular complexity index is 409. The smallest absolute Gasteiger partial charge is 0.387 e. The van der Waals surface area contributed by atoms with Gasteiger partial charge in [-0.25, -0.2) is 0 Å². The van der Waals surface area contributed by atoms with Crippen LogP contribution in [-0.2, 0) is 0 Å². The number of pyridine rings is 1. The van der Waals surface area contributed by atoms with Crippen molar-refractivity contribution in [1.29, 1.82) is 0 Å². The molecule has 1 aromatic rings. The van der Waals surface area contributed by atoms with Crippen LogP contribution in [0, 0.1) is 5.92 Å². The van der Waals surface area contributed by atoms with E-state index in [1.54, 1.807) is 25.3 Å². The number of rotatable bonds is 2. The first-order chi connectivity index (χ1) is 8.88. The number of aliphatic hydroxyl groups excluding tert-OH is 1. The van der Waals surface area contributed by atoms with Gasteiger partial charge < -0.3 is 10.0 Å². The van der Waals surface area contributed by atoms with Crippen molar-refractivity contribution in [3.8, 4) is 0 Å². The van der Waals surface area contributed by atoms with Gasteiger partial charge in [-0.15, -0.1) is 0 Å². The van der Waals surface area contributed by atoms with Gasteiger partial charge in [-0.1, -0.05) is 0 Å². The van der Waals surface area contributed by atoms with E-state index < -0.39 is 18.2 Å². The zero-order valence-corrected chi connectivity index (χ0v) is 10.7. The Balaban J connectivity index is 1.98. The van der Waals surface area contributed by atoms with Crippen molar-refractivity contribution in [1.82, 2.24) is 4.98 Å². The van der Waals surface area contributed by atoms with Gasteiger partial charge >= 0.3 is 6.18 Å². The summed E-state index contributed by atoms with van der Waals surface area (Å²) in [4.78, 5) is 6.01. The highest BCUT2D eigenvalue weighted by Gasteiger charge is 2.41. The van der Waals surface area contributed by atoms with Crippen LogP contribution in [0.25, 0.3) is 0 Å². The Kier molecular flexibility index (Phi) is 3.99. The van der Waals surface area contributed by atoms with E-state index in [-0.39, 0.29) is 12.8 Å². The van der Waals surface area contributed by atoms with Gasteiger partial charge in [0.2, 0.25) is 0 Å². The van der Waals surface area contributed by atoms with Gasteiger partial charge in [-0.3, -0.25) is 4.98 Å². The van der Waals surface area contributed by atoms with Crippen molar-refractivity contribution < 1.29 is 18.3 Å². The predicted molar refractivity (Wildman–Crippen MR) is 65.9 cm³/mol. The number of aliphatic hydroxyl groups is 1. The third-order valence-electron chi connectivity index (χ3n) is 3.52. The lowest BCUT2D eigenvalue weighted by Gasteiger charge is -2.34. The summed E-state index contributed by atoms with van der Waals surface area (Å²) in [6.07, 6.45) is -2.86. The van der Waals surface area contributed by atoms with Crippen molar-refractivity contribution in [3.63, 3.8) is 0 Å². The second kappa shape index (κ2) is 5.36. The molecular formula is C13H17F3N2O. The van der Waals surface area contributed by atoms with Crippen LogP contribution in [0.1, 0.15) is 31.6 Å². The van der Waals surface area contributed by atoms with Gasteiger partial charge in [0.25, 0.3) is 0 Å². The molecule has 0 radical (unpaired) electrons. The Hall–Kier alpha value is -1.30. The zero-order valence-electron chi connectivity index (χ0n) is 10.7. The number of nitrogens with zero attached hydrogens (tertiary/aromatic N) is 2. The first-order valence-electron chi connectivity index (χ1n) is 6.33. The van der Waals surface area contributed by atoms with Gasteiger partial charge in [0.05, 0.1) is 29.6 Å². The fraction of sp³-hybridized carbons (Fsp3) is 0.615.